The van der Waals surface area contributed by atoms with Crippen LogP contribution in [-0.4, -0.2) is 26.9 Å². The van der Waals surface area contributed by atoms with Crippen LogP contribution in [0.15, 0.2) is 49.1 Å². The Balaban J connectivity index is 2.03. The Morgan fingerprint density at radius 2 is 2.10 bits per heavy atom. The first-order valence-electron chi connectivity index (χ1n) is 6.40. The van der Waals surface area contributed by atoms with Crippen LogP contribution in [0.3, 0.4) is 0 Å². The van der Waals surface area contributed by atoms with Gasteiger partial charge in [-0.3, -0.25) is 9.78 Å². The van der Waals surface area contributed by atoms with Gasteiger partial charge in [0.2, 0.25) is 5.78 Å². The molecule has 0 saturated carbocycles. The largest absolute Gasteiger partial charge is 0.335 e. The fraction of sp³-hybridized carbons (Fsp3) is 0.133. The normalized spacial score (nSPS) is 10.8. The Bertz CT molecular complexity index is 758. The van der Waals surface area contributed by atoms with E-state index in [-0.39, 0.29) is 5.78 Å². The zero-order chi connectivity index (χ0) is 13.9. The maximum absolute atomic E-state index is 12.5. The van der Waals surface area contributed by atoms with Crippen molar-refractivity contribution in [2.24, 2.45) is 5.73 Å². The zero-order valence-electron chi connectivity index (χ0n) is 10.9. The van der Waals surface area contributed by atoms with Crippen molar-refractivity contribution in [1.82, 2.24) is 14.5 Å². The van der Waals surface area contributed by atoms with Gasteiger partial charge in [0.25, 0.3) is 0 Å². The Morgan fingerprint density at radius 1 is 1.20 bits per heavy atom. The zero-order valence-corrected chi connectivity index (χ0v) is 10.9. The first-order chi connectivity index (χ1) is 9.79. The van der Waals surface area contributed by atoms with Gasteiger partial charge in [0.05, 0.1) is 11.8 Å². The van der Waals surface area contributed by atoms with Gasteiger partial charge < -0.3 is 10.3 Å². The summed E-state index contributed by atoms with van der Waals surface area (Å²) in [6.07, 6.45) is 5.07. The molecule has 2 aromatic heterocycles. The van der Waals surface area contributed by atoms with E-state index in [1.165, 1.54) is 0 Å². The van der Waals surface area contributed by atoms with E-state index in [9.17, 15) is 4.79 Å². The monoisotopic (exact) mass is 266 g/mol. The molecule has 0 bridgehead atoms. The number of hydrogen-bond donors (Lipinski definition) is 1. The number of nitrogens with two attached hydrogens (primary N) is 1. The molecule has 0 aliphatic heterocycles. The predicted octanol–water partition coefficient (Wildman–Crippen LogP) is 1.62. The van der Waals surface area contributed by atoms with E-state index in [4.69, 9.17) is 5.73 Å². The van der Waals surface area contributed by atoms with E-state index >= 15 is 0 Å². The highest BCUT2D eigenvalue weighted by Crippen LogP contribution is 2.19. The molecule has 0 fully saturated rings. The third-order valence-electron chi connectivity index (χ3n) is 3.14. The first kappa shape index (κ1) is 12.5. The van der Waals surface area contributed by atoms with Gasteiger partial charge in [-0.05, 0) is 12.1 Å². The first-order valence-corrected chi connectivity index (χ1v) is 6.40. The number of aromatic nitrogens is 3. The minimum absolute atomic E-state index is 0.0978. The predicted molar refractivity (Wildman–Crippen MR) is 76.5 cm³/mol. The molecule has 0 amide bonds. The number of fused-ring (bicyclic) bond motifs is 1. The smallest absolute Gasteiger partial charge is 0.213 e. The van der Waals surface area contributed by atoms with Crippen LogP contribution >= 0.6 is 0 Å². The number of pyridine rings is 1. The number of imidazole rings is 1. The summed E-state index contributed by atoms with van der Waals surface area (Å²) < 4.78 is 1.82. The molecule has 0 aliphatic carbocycles. The Labute approximate surface area is 116 Å². The third-order valence-corrected chi connectivity index (χ3v) is 3.14. The van der Waals surface area contributed by atoms with Crippen molar-refractivity contribution >= 4 is 16.7 Å². The third kappa shape index (κ3) is 2.19. The van der Waals surface area contributed by atoms with Crippen LogP contribution in [0.2, 0.25) is 0 Å². The maximum Gasteiger partial charge on any atom is 0.213 e. The van der Waals surface area contributed by atoms with Crippen LogP contribution in [0.1, 0.15) is 16.1 Å². The van der Waals surface area contributed by atoms with Gasteiger partial charge in [0.15, 0.2) is 0 Å². The summed E-state index contributed by atoms with van der Waals surface area (Å²) in [5.74, 6) is -0.0978. The number of carbonyl (C=O) groups is 1. The van der Waals surface area contributed by atoms with Crippen molar-refractivity contribution in [3.8, 4) is 0 Å². The molecule has 3 aromatic rings. The summed E-state index contributed by atoms with van der Waals surface area (Å²) in [6, 6.07) is 9.24. The number of carbonyl (C=O) groups excluding carboxylic acids is 1. The van der Waals surface area contributed by atoms with E-state index < -0.39 is 0 Å². The van der Waals surface area contributed by atoms with E-state index in [0.717, 1.165) is 10.9 Å². The molecule has 0 radical (unpaired) electrons. The molecule has 0 aliphatic rings. The van der Waals surface area contributed by atoms with Gasteiger partial charge in [-0.25, -0.2) is 4.98 Å². The quantitative estimate of drug-likeness (QED) is 0.728. The highest BCUT2D eigenvalue weighted by Gasteiger charge is 2.15. The summed E-state index contributed by atoms with van der Waals surface area (Å²) >= 11 is 0. The van der Waals surface area contributed by atoms with Crippen molar-refractivity contribution in [2.75, 3.05) is 6.54 Å². The lowest BCUT2D eigenvalue weighted by molar-refractivity contribution is 0.103. The molecule has 100 valence electrons. The Hall–Kier alpha value is -2.53. The molecule has 3 rings (SSSR count). The van der Waals surface area contributed by atoms with Crippen molar-refractivity contribution in [2.45, 2.75) is 6.54 Å². The molecule has 0 atom stereocenters. The molecular formula is C15H14N4O. The van der Waals surface area contributed by atoms with Gasteiger partial charge in [0, 0.05) is 36.4 Å². The standard InChI is InChI=1S/C15H14N4O/c16-6-8-19-9-14(18-10-19)15(20)12-3-1-5-13-11(12)4-2-7-17-13/h1-5,7,9-10H,6,8,16H2. The topological polar surface area (TPSA) is 73.8 Å². The molecule has 0 saturated heterocycles. The molecule has 5 heteroatoms. The van der Waals surface area contributed by atoms with Crippen molar-refractivity contribution in [3.63, 3.8) is 0 Å². The summed E-state index contributed by atoms with van der Waals surface area (Å²) in [5, 5.41) is 0.841. The van der Waals surface area contributed by atoms with E-state index in [1.54, 1.807) is 24.8 Å². The lowest BCUT2D eigenvalue weighted by Gasteiger charge is -2.03. The molecule has 2 heterocycles. The summed E-state index contributed by atoms with van der Waals surface area (Å²) in [7, 11) is 0. The fourth-order valence-corrected chi connectivity index (χ4v) is 2.19. The summed E-state index contributed by atoms with van der Waals surface area (Å²) in [6.45, 7) is 1.17. The fourth-order valence-electron chi connectivity index (χ4n) is 2.19. The van der Waals surface area contributed by atoms with E-state index in [2.05, 4.69) is 9.97 Å². The highest BCUT2D eigenvalue weighted by atomic mass is 16.1. The van der Waals surface area contributed by atoms with Gasteiger partial charge in [0.1, 0.15) is 5.69 Å². The van der Waals surface area contributed by atoms with Crippen LogP contribution in [0, 0.1) is 0 Å². The minimum atomic E-state index is -0.0978. The van der Waals surface area contributed by atoms with Gasteiger partial charge in [-0.2, -0.15) is 0 Å². The van der Waals surface area contributed by atoms with Crippen molar-refractivity contribution in [1.29, 1.82) is 0 Å². The number of benzene rings is 1. The number of nitrogens with zero attached hydrogens (tertiary/aromatic N) is 3. The second-order valence-corrected chi connectivity index (χ2v) is 4.49. The highest BCUT2D eigenvalue weighted by molar-refractivity contribution is 6.14. The Kier molecular flexibility index (Phi) is 3.26. The summed E-state index contributed by atoms with van der Waals surface area (Å²) in [5.41, 5.74) is 7.34. The van der Waals surface area contributed by atoms with E-state index in [0.29, 0.717) is 24.3 Å². The van der Waals surface area contributed by atoms with Gasteiger partial charge in [-0.15, -0.1) is 0 Å². The van der Waals surface area contributed by atoms with Crippen LogP contribution in [0.5, 0.6) is 0 Å². The van der Waals surface area contributed by atoms with Crippen molar-refractivity contribution < 1.29 is 4.79 Å². The number of ketones is 1. The Morgan fingerprint density at radius 3 is 2.95 bits per heavy atom. The lowest BCUT2D eigenvalue weighted by Crippen LogP contribution is -2.08. The maximum atomic E-state index is 12.5. The molecule has 20 heavy (non-hydrogen) atoms. The molecule has 2 N–H and O–H groups in total. The van der Waals surface area contributed by atoms with Gasteiger partial charge in [-0.1, -0.05) is 18.2 Å². The van der Waals surface area contributed by atoms with Crippen LogP contribution in [-0.2, 0) is 6.54 Å². The minimum Gasteiger partial charge on any atom is -0.335 e. The second-order valence-electron chi connectivity index (χ2n) is 4.49. The second kappa shape index (κ2) is 5.22. The molecule has 0 spiro atoms. The van der Waals surface area contributed by atoms with E-state index in [1.807, 2.05) is 28.8 Å². The van der Waals surface area contributed by atoms with Crippen LogP contribution < -0.4 is 5.73 Å². The molecule has 0 unspecified atom stereocenters. The molecule has 1 aromatic carbocycles. The van der Waals surface area contributed by atoms with Crippen LogP contribution in [0.4, 0.5) is 0 Å². The molecule has 5 nitrogen and oxygen atoms in total. The van der Waals surface area contributed by atoms with Crippen LogP contribution in [0.25, 0.3) is 10.9 Å². The molecular weight excluding hydrogens is 252 g/mol. The average molecular weight is 266 g/mol. The SMILES string of the molecule is NCCn1cnc(C(=O)c2cccc3ncccc23)c1. The van der Waals surface area contributed by atoms with Crippen molar-refractivity contribution in [3.05, 3.63) is 60.3 Å². The lowest BCUT2D eigenvalue weighted by atomic mass is 10.0. The average Bonchev–Trinajstić information content (AvgIpc) is 2.95. The summed E-state index contributed by atoms with van der Waals surface area (Å²) in [4.78, 5) is 21.0. The van der Waals surface area contributed by atoms with Gasteiger partial charge >= 0.3 is 0 Å². The number of hydrogen-bond acceptors (Lipinski definition) is 4. The number of rotatable bonds is 4.